The molecule has 1 rings (SSSR count). The second-order valence-electron chi connectivity index (χ2n) is 3.22. The second-order valence-corrected chi connectivity index (χ2v) is 3.22. The smallest absolute Gasteiger partial charge is 0.315 e. The maximum atomic E-state index is 11.1. The summed E-state index contributed by atoms with van der Waals surface area (Å²) in [4.78, 5) is 11.1. The molecule has 0 aromatic heterocycles. The van der Waals surface area contributed by atoms with Crippen molar-refractivity contribution in [2.75, 3.05) is 14.2 Å². The first-order valence-corrected chi connectivity index (χ1v) is 4.79. The number of carbonyl (C=O) groups excluding carboxylic acids is 1. The van der Waals surface area contributed by atoms with Crippen LogP contribution in [0.5, 0.6) is 5.75 Å². The third-order valence-corrected chi connectivity index (χ3v) is 2.17. The van der Waals surface area contributed by atoms with Crippen LogP contribution in [0.25, 0.3) is 0 Å². The topological polar surface area (TPSA) is 50.4 Å². The Morgan fingerprint density at radius 1 is 1.47 bits per heavy atom. The molecule has 0 radical (unpaired) electrons. The van der Waals surface area contributed by atoms with Crippen LogP contribution in [0.2, 0.25) is 0 Å². The van der Waals surface area contributed by atoms with Crippen molar-refractivity contribution in [3.8, 4) is 5.75 Å². The van der Waals surface area contributed by atoms with Gasteiger partial charge in [-0.1, -0.05) is 12.1 Å². The minimum atomic E-state index is -0.190. The van der Waals surface area contributed by atoms with E-state index in [0.29, 0.717) is 0 Å². The Kier molecular flexibility index (Phi) is 3.97. The fraction of sp³-hybridized carbons (Fsp3) is 0.364. The van der Waals surface area contributed by atoms with Crippen LogP contribution >= 0.6 is 0 Å². The van der Waals surface area contributed by atoms with Gasteiger partial charge in [0.25, 0.3) is 0 Å². The predicted octanol–water partition coefficient (Wildman–Crippen LogP) is 1.69. The molecule has 0 saturated heterocycles. The molecular formula is C11H16N2O2. The first kappa shape index (κ1) is 11.4. The number of rotatable bonds is 3. The van der Waals surface area contributed by atoms with Crippen LogP contribution in [0.4, 0.5) is 4.79 Å². The molecule has 0 heterocycles. The molecule has 0 spiro atoms. The van der Waals surface area contributed by atoms with E-state index in [2.05, 4.69) is 10.6 Å². The Morgan fingerprint density at radius 2 is 2.20 bits per heavy atom. The highest BCUT2D eigenvalue weighted by atomic mass is 16.5. The summed E-state index contributed by atoms with van der Waals surface area (Å²) in [7, 11) is 3.21. The van der Waals surface area contributed by atoms with Crippen molar-refractivity contribution < 1.29 is 9.53 Å². The maximum Gasteiger partial charge on any atom is 0.315 e. The number of nitrogens with one attached hydrogen (secondary N) is 2. The molecular weight excluding hydrogens is 192 g/mol. The summed E-state index contributed by atoms with van der Waals surface area (Å²) in [6.07, 6.45) is 0. The summed E-state index contributed by atoms with van der Waals surface area (Å²) in [5.74, 6) is 0.790. The fourth-order valence-corrected chi connectivity index (χ4v) is 1.26. The Hall–Kier alpha value is -1.71. The van der Waals surface area contributed by atoms with Crippen LogP contribution < -0.4 is 15.4 Å². The van der Waals surface area contributed by atoms with E-state index in [0.717, 1.165) is 11.3 Å². The van der Waals surface area contributed by atoms with Crippen molar-refractivity contribution in [1.82, 2.24) is 10.6 Å². The molecule has 1 aromatic carbocycles. The van der Waals surface area contributed by atoms with Gasteiger partial charge < -0.3 is 15.4 Å². The molecule has 0 aliphatic rings. The maximum absolute atomic E-state index is 11.1. The van der Waals surface area contributed by atoms with Crippen molar-refractivity contribution in [2.24, 2.45) is 0 Å². The van der Waals surface area contributed by atoms with Gasteiger partial charge in [-0.15, -0.1) is 0 Å². The lowest BCUT2D eigenvalue weighted by molar-refractivity contribution is 0.240. The molecule has 2 amide bonds. The Bertz CT molecular complexity index is 339. The number of urea groups is 1. The Balaban J connectivity index is 2.72. The first-order valence-electron chi connectivity index (χ1n) is 4.79. The summed E-state index contributed by atoms with van der Waals surface area (Å²) >= 11 is 0. The summed E-state index contributed by atoms with van der Waals surface area (Å²) in [6.45, 7) is 1.92. The highest BCUT2D eigenvalue weighted by molar-refractivity contribution is 5.73. The van der Waals surface area contributed by atoms with Gasteiger partial charge in [-0.25, -0.2) is 4.79 Å². The van der Waals surface area contributed by atoms with Crippen molar-refractivity contribution in [3.63, 3.8) is 0 Å². The average Bonchev–Trinajstić information content (AvgIpc) is 2.28. The van der Waals surface area contributed by atoms with E-state index in [-0.39, 0.29) is 12.1 Å². The van der Waals surface area contributed by atoms with E-state index in [1.54, 1.807) is 14.2 Å². The number of hydrogen-bond donors (Lipinski definition) is 2. The van der Waals surface area contributed by atoms with Crippen LogP contribution in [0, 0.1) is 0 Å². The van der Waals surface area contributed by atoms with Gasteiger partial charge in [0.15, 0.2) is 0 Å². The van der Waals surface area contributed by atoms with Crippen LogP contribution in [0.3, 0.4) is 0 Å². The lowest BCUT2D eigenvalue weighted by Crippen LogP contribution is -2.34. The number of amides is 2. The molecule has 2 N–H and O–H groups in total. The highest BCUT2D eigenvalue weighted by Crippen LogP contribution is 2.18. The molecule has 0 saturated carbocycles. The molecule has 1 atom stereocenters. The van der Waals surface area contributed by atoms with Gasteiger partial charge in [-0.05, 0) is 24.6 Å². The van der Waals surface area contributed by atoms with Crippen LogP contribution in [0.15, 0.2) is 24.3 Å². The minimum Gasteiger partial charge on any atom is -0.497 e. The predicted molar refractivity (Wildman–Crippen MR) is 59.0 cm³/mol. The normalized spacial score (nSPS) is 11.7. The van der Waals surface area contributed by atoms with Crippen LogP contribution in [-0.2, 0) is 0 Å². The third kappa shape index (κ3) is 3.16. The van der Waals surface area contributed by atoms with E-state index < -0.39 is 0 Å². The largest absolute Gasteiger partial charge is 0.497 e. The second kappa shape index (κ2) is 5.24. The standard InChI is InChI=1S/C11H16N2O2/c1-8(13-11(14)12-2)9-5-4-6-10(7-9)15-3/h4-8H,1-3H3,(H2,12,13,14)/t8-/m1/s1. The third-order valence-electron chi connectivity index (χ3n) is 2.17. The summed E-state index contributed by atoms with van der Waals surface area (Å²) in [5.41, 5.74) is 1.01. The zero-order chi connectivity index (χ0) is 11.3. The van der Waals surface area contributed by atoms with E-state index in [1.807, 2.05) is 31.2 Å². The molecule has 0 aliphatic carbocycles. The first-order chi connectivity index (χ1) is 7.17. The van der Waals surface area contributed by atoms with Gasteiger partial charge in [0, 0.05) is 7.05 Å². The van der Waals surface area contributed by atoms with E-state index in [9.17, 15) is 4.79 Å². The molecule has 1 aromatic rings. The van der Waals surface area contributed by atoms with Gasteiger partial charge in [-0.3, -0.25) is 0 Å². The van der Waals surface area contributed by atoms with Gasteiger partial charge in [0.1, 0.15) is 5.75 Å². The van der Waals surface area contributed by atoms with Crippen molar-refractivity contribution in [1.29, 1.82) is 0 Å². The summed E-state index contributed by atoms with van der Waals surface area (Å²) in [5, 5.41) is 5.30. The molecule has 4 heteroatoms. The lowest BCUT2D eigenvalue weighted by Gasteiger charge is -2.14. The number of carbonyl (C=O) groups is 1. The highest BCUT2D eigenvalue weighted by Gasteiger charge is 2.08. The molecule has 15 heavy (non-hydrogen) atoms. The zero-order valence-electron chi connectivity index (χ0n) is 9.20. The van der Waals surface area contributed by atoms with Gasteiger partial charge in [0.05, 0.1) is 13.2 Å². The van der Waals surface area contributed by atoms with Crippen LogP contribution in [-0.4, -0.2) is 20.2 Å². The number of benzene rings is 1. The van der Waals surface area contributed by atoms with Crippen molar-refractivity contribution in [3.05, 3.63) is 29.8 Å². The molecule has 0 bridgehead atoms. The number of ether oxygens (including phenoxy) is 1. The SMILES string of the molecule is CNC(=O)N[C@H](C)c1cccc(OC)c1. The van der Waals surface area contributed by atoms with Gasteiger partial charge in [-0.2, -0.15) is 0 Å². The Labute approximate surface area is 89.6 Å². The monoisotopic (exact) mass is 208 g/mol. The zero-order valence-corrected chi connectivity index (χ0v) is 9.20. The molecule has 0 unspecified atom stereocenters. The fourth-order valence-electron chi connectivity index (χ4n) is 1.26. The summed E-state index contributed by atoms with van der Waals surface area (Å²) < 4.78 is 5.11. The van der Waals surface area contributed by atoms with E-state index in [1.165, 1.54) is 0 Å². The minimum absolute atomic E-state index is 0.0416. The molecule has 0 aliphatic heterocycles. The quantitative estimate of drug-likeness (QED) is 0.794. The molecule has 82 valence electrons. The molecule has 4 nitrogen and oxygen atoms in total. The van der Waals surface area contributed by atoms with E-state index in [4.69, 9.17) is 4.74 Å². The van der Waals surface area contributed by atoms with Gasteiger partial charge >= 0.3 is 6.03 Å². The molecule has 0 fully saturated rings. The van der Waals surface area contributed by atoms with Crippen LogP contribution in [0.1, 0.15) is 18.5 Å². The number of methoxy groups -OCH3 is 1. The summed E-state index contributed by atoms with van der Waals surface area (Å²) in [6, 6.07) is 7.39. The Morgan fingerprint density at radius 3 is 2.80 bits per heavy atom. The average molecular weight is 208 g/mol. The van der Waals surface area contributed by atoms with Gasteiger partial charge in [0.2, 0.25) is 0 Å². The van der Waals surface area contributed by atoms with E-state index >= 15 is 0 Å². The lowest BCUT2D eigenvalue weighted by atomic mass is 10.1. The number of hydrogen-bond acceptors (Lipinski definition) is 2. The van der Waals surface area contributed by atoms with Crippen molar-refractivity contribution >= 4 is 6.03 Å². The van der Waals surface area contributed by atoms with Crippen molar-refractivity contribution in [2.45, 2.75) is 13.0 Å².